The van der Waals surface area contributed by atoms with Crippen LogP contribution in [0.25, 0.3) is 0 Å². The lowest BCUT2D eigenvalue weighted by atomic mass is 10.1. The van der Waals surface area contributed by atoms with Crippen LogP contribution >= 0.6 is 0 Å². The summed E-state index contributed by atoms with van der Waals surface area (Å²) >= 11 is 0. The van der Waals surface area contributed by atoms with Crippen molar-refractivity contribution < 1.29 is 28.6 Å². The number of esters is 3. The molecule has 0 spiro atoms. The van der Waals surface area contributed by atoms with Crippen LogP contribution in [0.1, 0.15) is 194 Å². The second kappa shape index (κ2) is 46.0. The number of allylic oxidation sites excluding steroid dienone is 16. The van der Waals surface area contributed by atoms with Crippen LogP contribution in [0.15, 0.2) is 97.2 Å². The zero-order valence-corrected chi connectivity index (χ0v) is 37.3. The average Bonchev–Trinajstić information content (AvgIpc) is 3.22. The molecule has 0 aliphatic heterocycles. The topological polar surface area (TPSA) is 78.9 Å². The number of ether oxygens (including phenoxy) is 3. The number of rotatable bonds is 40. The minimum Gasteiger partial charge on any atom is -0.462 e. The van der Waals surface area contributed by atoms with Gasteiger partial charge < -0.3 is 14.2 Å². The van der Waals surface area contributed by atoms with Crippen LogP contribution in [0.5, 0.6) is 0 Å². The second-order valence-corrected chi connectivity index (χ2v) is 15.0. The van der Waals surface area contributed by atoms with Gasteiger partial charge in [-0.25, -0.2) is 0 Å². The summed E-state index contributed by atoms with van der Waals surface area (Å²) in [6, 6.07) is 0. The number of hydrogen-bond donors (Lipinski definition) is 0. The average molecular weight is 805 g/mol. The van der Waals surface area contributed by atoms with E-state index in [9.17, 15) is 14.4 Å². The first-order valence-electron chi connectivity index (χ1n) is 23.3. The summed E-state index contributed by atoms with van der Waals surface area (Å²) in [4.78, 5) is 37.8. The van der Waals surface area contributed by atoms with Crippen molar-refractivity contribution in [2.45, 2.75) is 200 Å². The molecule has 0 bridgehead atoms. The largest absolute Gasteiger partial charge is 0.462 e. The third kappa shape index (κ3) is 43.5. The van der Waals surface area contributed by atoms with Crippen LogP contribution in [-0.4, -0.2) is 37.2 Å². The van der Waals surface area contributed by atoms with Crippen molar-refractivity contribution in [2.24, 2.45) is 0 Å². The van der Waals surface area contributed by atoms with Gasteiger partial charge in [-0.3, -0.25) is 14.4 Å². The summed E-state index contributed by atoms with van der Waals surface area (Å²) in [5.74, 6) is -0.970. The zero-order valence-electron chi connectivity index (χ0n) is 37.3. The molecule has 0 aromatic rings. The minimum atomic E-state index is -0.801. The van der Waals surface area contributed by atoms with Crippen LogP contribution in [0.3, 0.4) is 0 Å². The van der Waals surface area contributed by atoms with Crippen molar-refractivity contribution in [3.63, 3.8) is 0 Å². The van der Waals surface area contributed by atoms with Crippen LogP contribution < -0.4 is 0 Å². The van der Waals surface area contributed by atoms with E-state index < -0.39 is 6.10 Å². The van der Waals surface area contributed by atoms with Gasteiger partial charge in [-0.05, 0) is 83.5 Å². The zero-order chi connectivity index (χ0) is 42.3. The van der Waals surface area contributed by atoms with Gasteiger partial charge in [-0.2, -0.15) is 0 Å². The Kier molecular flexibility index (Phi) is 43.1. The molecule has 0 heterocycles. The van der Waals surface area contributed by atoms with E-state index >= 15 is 0 Å². The van der Waals surface area contributed by atoms with Crippen LogP contribution in [0.4, 0.5) is 0 Å². The van der Waals surface area contributed by atoms with Crippen LogP contribution in [-0.2, 0) is 28.6 Å². The molecule has 0 rings (SSSR count). The van der Waals surface area contributed by atoms with E-state index in [1.165, 1.54) is 51.4 Å². The molecule has 0 aliphatic rings. The summed E-state index contributed by atoms with van der Waals surface area (Å²) in [7, 11) is 0. The van der Waals surface area contributed by atoms with E-state index in [2.05, 4.69) is 69.4 Å². The van der Waals surface area contributed by atoms with Crippen molar-refractivity contribution in [1.29, 1.82) is 0 Å². The summed E-state index contributed by atoms with van der Waals surface area (Å²) < 4.78 is 16.7. The van der Waals surface area contributed by atoms with E-state index in [4.69, 9.17) is 14.2 Å². The molecule has 0 fully saturated rings. The van der Waals surface area contributed by atoms with Gasteiger partial charge in [0.15, 0.2) is 6.10 Å². The highest BCUT2D eigenvalue weighted by Gasteiger charge is 2.19. The van der Waals surface area contributed by atoms with Crippen LogP contribution in [0.2, 0.25) is 0 Å². The lowest BCUT2D eigenvalue weighted by Crippen LogP contribution is -2.30. The Hall–Kier alpha value is -3.67. The Labute approximate surface area is 356 Å². The number of carbonyl (C=O) groups is 3. The van der Waals surface area contributed by atoms with Crippen molar-refractivity contribution in [3.8, 4) is 0 Å². The van der Waals surface area contributed by atoms with E-state index in [0.29, 0.717) is 19.3 Å². The molecule has 0 saturated heterocycles. The molecular weight excluding hydrogens is 721 g/mol. The third-order valence-electron chi connectivity index (χ3n) is 9.43. The van der Waals surface area contributed by atoms with Gasteiger partial charge in [0, 0.05) is 19.3 Å². The quantitative estimate of drug-likeness (QED) is 0.0202. The molecule has 0 saturated carbocycles. The van der Waals surface area contributed by atoms with Crippen LogP contribution in [0, 0.1) is 0 Å². The Bertz CT molecular complexity index is 1200. The fourth-order valence-corrected chi connectivity index (χ4v) is 5.95. The van der Waals surface area contributed by atoms with Crippen molar-refractivity contribution in [2.75, 3.05) is 13.2 Å². The Morgan fingerprint density at radius 1 is 0.379 bits per heavy atom. The molecule has 6 nitrogen and oxygen atoms in total. The van der Waals surface area contributed by atoms with Gasteiger partial charge >= 0.3 is 17.9 Å². The predicted octanol–water partition coefficient (Wildman–Crippen LogP) is 15.0. The monoisotopic (exact) mass is 805 g/mol. The van der Waals surface area contributed by atoms with Gasteiger partial charge in [0.05, 0.1) is 0 Å². The second-order valence-electron chi connectivity index (χ2n) is 15.0. The summed E-state index contributed by atoms with van der Waals surface area (Å²) in [6.45, 7) is 6.27. The summed E-state index contributed by atoms with van der Waals surface area (Å²) in [5, 5.41) is 0. The first kappa shape index (κ1) is 54.3. The highest BCUT2D eigenvalue weighted by atomic mass is 16.6. The van der Waals surface area contributed by atoms with Gasteiger partial charge in [-0.1, -0.05) is 189 Å². The Morgan fingerprint density at radius 2 is 0.759 bits per heavy atom. The molecule has 6 heteroatoms. The van der Waals surface area contributed by atoms with Gasteiger partial charge in [0.2, 0.25) is 0 Å². The maximum Gasteiger partial charge on any atom is 0.306 e. The molecule has 0 radical (unpaired) electrons. The number of unbranched alkanes of at least 4 members (excludes halogenated alkanes) is 17. The Morgan fingerprint density at radius 3 is 1.28 bits per heavy atom. The highest BCUT2D eigenvalue weighted by molar-refractivity contribution is 5.71. The molecule has 0 amide bonds. The molecule has 0 N–H and O–H groups in total. The fourth-order valence-electron chi connectivity index (χ4n) is 5.95. The maximum absolute atomic E-state index is 12.7. The van der Waals surface area contributed by atoms with Gasteiger partial charge in [0.1, 0.15) is 13.2 Å². The minimum absolute atomic E-state index is 0.101. The lowest BCUT2D eigenvalue weighted by Gasteiger charge is -2.18. The molecule has 1 unspecified atom stereocenters. The number of carbonyl (C=O) groups excluding carboxylic acids is 3. The van der Waals surface area contributed by atoms with Gasteiger partial charge in [0.25, 0.3) is 0 Å². The number of hydrogen-bond acceptors (Lipinski definition) is 6. The van der Waals surface area contributed by atoms with E-state index in [-0.39, 0.29) is 31.1 Å². The van der Waals surface area contributed by atoms with Gasteiger partial charge in [-0.15, -0.1) is 0 Å². The van der Waals surface area contributed by atoms with Crippen molar-refractivity contribution >= 4 is 17.9 Å². The highest BCUT2D eigenvalue weighted by Crippen LogP contribution is 2.13. The first-order valence-corrected chi connectivity index (χ1v) is 23.3. The van der Waals surface area contributed by atoms with E-state index in [0.717, 1.165) is 103 Å². The summed E-state index contributed by atoms with van der Waals surface area (Å²) in [5.41, 5.74) is 0. The smallest absolute Gasteiger partial charge is 0.306 e. The molecule has 1 atom stereocenters. The summed E-state index contributed by atoms with van der Waals surface area (Å²) in [6.07, 6.45) is 59.6. The Balaban J connectivity index is 4.50. The SMILES string of the molecule is CC\C=C/C=C\C=C/C=C\C=C/CCCCCC(=O)OCC(COC(=O)CCCCCCC/C=C\CCCC)OC(=O)CCCCCCCCC/C=C\C/C=C\CC. The molecule has 0 aromatic heterocycles. The first-order chi connectivity index (χ1) is 28.5. The normalized spacial score (nSPS) is 12.9. The fraction of sp³-hybridized carbons (Fsp3) is 0.635. The lowest BCUT2D eigenvalue weighted by molar-refractivity contribution is -0.167. The molecule has 0 aliphatic carbocycles. The molecule has 0 aromatic carbocycles. The maximum atomic E-state index is 12.7. The predicted molar refractivity (Wildman–Crippen MR) is 247 cm³/mol. The van der Waals surface area contributed by atoms with E-state index in [1.54, 1.807) is 0 Å². The third-order valence-corrected chi connectivity index (χ3v) is 9.43. The molecule has 58 heavy (non-hydrogen) atoms. The van der Waals surface area contributed by atoms with Crippen molar-refractivity contribution in [1.82, 2.24) is 0 Å². The van der Waals surface area contributed by atoms with E-state index in [1.807, 2.05) is 48.6 Å². The van der Waals surface area contributed by atoms with Crippen molar-refractivity contribution in [3.05, 3.63) is 97.2 Å². The molecule has 328 valence electrons. The standard InChI is InChI=1S/C52H84O6/c1-4-7-10-13-16-19-22-24-26-28-30-33-36-39-42-45-51(54)57-48-49(47-56-50(53)44-41-38-35-32-29-21-18-15-12-9-6-3)58-52(55)46-43-40-37-34-31-27-25-23-20-17-14-11-8-5-2/h7-8,10-11,13,15-20,22,24,26,28,30,49H,4-6,9,12,14,21,23,25,27,29,31-48H2,1-3H3/b10-7-,11-8-,16-13-,18-15-,20-17-,22-19-,26-24-,30-28-. The molecular formula is C52H84O6.